The van der Waals surface area contributed by atoms with E-state index in [1.165, 1.54) is 17.0 Å². The molecule has 0 radical (unpaired) electrons. The second-order valence-electron chi connectivity index (χ2n) is 4.06. The van der Waals surface area contributed by atoms with Gasteiger partial charge in [-0.15, -0.1) is 10.2 Å². The molecular weight excluding hydrogens is 234 g/mol. The fraction of sp³-hybridized carbons (Fsp3) is 0.455. The lowest BCUT2D eigenvalue weighted by Gasteiger charge is -2.34. The second kappa shape index (κ2) is 4.99. The molecule has 1 aromatic heterocycles. The Balaban J connectivity index is 2.21. The van der Waals surface area contributed by atoms with Crippen LogP contribution in [-0.2, 0) is 4.79 Å². The minimum atomic E-state index is -0.439. The largest absolute Gasteiger partial charge is 0.382 e. The smallest absolute Gasteiger partial charge is 0.275 e. The first-order valence-electron chi connectivity index (χ1n) is 5.81. The monoisotopic (exact) mass is 249 g/mol. The predicted molar refractivity (Wildman–Crippen MR) is 64.6 cm³/mol. The van der Waals surface area contributed by atoms with Gasteiger partial charge in [-0.05, 0) is 18.6 Å². The molecule has 0 saturated carbocycles. The Kier molecular flexibility index (Phi) is 3.40. The van der Waals surface area contributed by atoms with Crippen LogP contribution in [-0.4, -0.2) is 46.0 Å². The molecule has 1 atom stereocenters. The van der Waals surface area contributed by atoms with E-state index in [4.69, 9.17) is 5.73 Å². The van der Waals surface area contributed by atoms with Gasteiger partial charge < -0.3 is 16.0 Å². The van der Waals surface area contributed by atoms with Crippen molar-refractivity contribution < 1.29 is 9.59 Å². The van der Waals surface area contributed by atoms with Crippen molar-refractivity contribution in [2.24, 2.45) is 0 Å². The zero-order valence-corrected chi connectivity index (χ0v) is 10.1. The molecule has 96 valence electrons. The van der Waals surface area contributed by atoms with Gasteiger partial charge in [-0.25, -0.2) is 0 Å². The number of carbonyl (C=O) groups is 2. The van der Waals surface area contributed by atoms with E-state index in [1.54, 1.807) is 0 Å². The molecule has 1 saturated heterocycles. The van der Waals surface area contributed by atoms with E-state index >= 15 is 0 Å². The number of piperazine rings is 1. The van der Waals surface area contributed by atoms with Gasteiger partial charge in [0, 0.05) is 13.1 Å². The summed E-state index contributed by atoms with van der Waals surface area (Å²) in [5, 5.41) is 10.1. The van der Waals surface area contributed by atoms with Gasteiger partial charge in [0.05, 0.1) is 0 Å². The number of hydrogen-bond acceptors (Lipinski definition) is 5. The number of amides is 2. The molecule has 0 bridgehead atoms. The van der Waals surface area contributed by atoms with Crippen molar-refractivity contribution in [2.45, 2.75) is 19.4 Å². The molecule has 1 aliphatic heterocycles. The van der Waals surface area contributed by atoms with Crippen molar-refractivity contribution in [1.82, 2.24) is 20.4 Å². The summed E-state index contributed by atoms with van der Waals surface area (Å²) in [5.74, 6) is -0.153. The summed E-state index contributed by atoms with van der Waals surface area (Å²) in [6.07, 6.45) is 0.569. The molecule has 2 amide bonds. The summed E-state index contributed by atoms with van der Waals surface area (Å²) < 4.78 is 0. The average molecular weight is 249 g/mol. The van der Waals surface area contributed by atoms with Crippen molar-refractivity contribution >= 4 is 17.6 Å². The Labute approximate surface area is 104 Å². The average Bonchev–Trinajstić information content (AvgIpc) is 2.38. The van der Waals surface area contributed by atoms with Crippen LogP contribution in [0.25, 0.3) is 0 Å². The van der Waals surface area contributed by atoms with E-state index in [-0.39, 0.29) is 23.3 Å². The van der Waals surface area contributed by atoms with Crippen molar-refractivity contribution in [2.75, 3.05) is 18.8 Å². The van der Waals surface area contributed by atoms with Gasteiger partial charge in [-0.2, -0.15) is 0 Å². The van der Waals surface area contributed by atoms with Crippen LogP contribution >= 0.6 is 0 Å². The summed E-state index contributed by atoms with van der Waals surface area (Å²) >= 11 is 0. The Bertz CT molecular complexity index is 459. The van der Waals surface area contributed by atoms with Crippen molar-refractivity contribution in [3.8, 4) is 0 Å². The van der Waals surface area contributed by atoms with E-state index in [9.17, 15) is 9.59 Å². The minimum absolute atomic E-state index is 0.125. The third-order valence-corrected chi connectivity index (χ3v) is 2.88. The fourth-order valence-corrected chi connectivity index (χ4v) is 1.97. The van der Waals surface area contributed by atoms with E-state index in [1.807, 2.05) is 6.92 Å². The molecule has 1 aliphatic rings. The zero-order valence-electron chi connectivity index (χ0n) is 10.1. The highest BCUT2D eigenvalue weighted by Crippen LogP contribution is 2.12. The summed E-state index contributed by atoms with van der Waals surface area (Å²) in [5.41, 5.74) is 5.62. The first kappa shape index (κ1) is 12.3. The Morgan fingerprint density at radius 1 is 1.56 bits per heavy atom. The van der Waals surface area contributed by atoms with Crippen LogP contribution in [0.3, 0.4) is 0 Å². The molecule has 7 nitrogen and oxygen atoms in total. The molecule has 2 heterocycles. The lowest BCUT2D eigenvalue weighted by atomic mass is 10.1. The van der Waals surface area contributed by atoms with Crippen LogP contribution in [0, 0.1) is 0 Å². The number of nitrogen functional groups attached to an aromatic ring is 1. The molecule has 1 fully saturated rings. The quantitative estimate of drug-likeness (QED) is 0.729. The summed E-state index contributed by atoms with van der Waals surface area (Å²) in [7, 11) is 0. The number of rotatable bonds is 2. The molecular formula is C11H15N5O2. The van der Waals surface area contributed by atoms with E-state index < -0.39 is 6.04 Å². The number of aromatic nitrogens is 2. The number of carbonyl (C=O) groups excluding carboxylic acids is 2. The molecule has 18 heavy (non-hydrogen) atoms. The molecule has 0 spiro atoms. The molecule has 2 rings (SSSR count). The van der Waals surface area contributed by atoms with E-state index in [2.05, 4.69) is 15.5 Å². The normalized spacial score (nSPS) is 19.5. The van der Waals surface area contributed by atoms with Crippen molar-refractivity contribution in [3.05, 3.63) is 17.8 Å². The first-order valence-corrected chi connectivity index (χ1v) is 5.81. The molecule has 0 aliphatic carbocycles. The van der Waals surface area contributed by atoms with Crippen LogP contribution < -0.4 is 11.1 Å². The van der Waals surface area contributed by atoms with Crippen LogP contribution in [0.4, 0.5) is 5.82 Å². The molecule has 7 heteroatoms. The van der Waals surface area contributed by atoms with Gasteiger partial charge in [0.1, 0.15) is 11.9 Å². The predicted octanol–water partition coefficient (Wildman–Crippen LogP) is -0.591. The lowest BCUT2D eigenvalue weighted by Crippen LogP contribution is -2.57. The van der Waals surface area contributed by atoms with Crippen LogP contribution in [0.1, 0.15) is 23.8 Å². The van der Waals surface area contributed by atoms with Crippen LogP contribution in [0.5, 0.6) is 0 Å². The highest BCUT2D eigenvalue weighted by molar-refractivity contribution is 5.96. The third kappa shape index (κ3) is 2.24. The van der Waals surface area contributed by atoms with Gasteiger partial charge in [-0.3, -0.25) is 9.59 Å². The van der Waals surface area contributed by atoms with Gasteiger partial charge in [0.25, 0.3) is 5.91 Å². The maximum absolute atomic E-state index is 12.2. The minimum Gasteiger partial charge on any atom is -0.382 e. The van der Waals surface area contributed by atoms with E-state index in [0.29, 0.717) is 19.5 Å². The number of hydrogen-bond donors (Lipinski definition) is 2. The number of nitrogens with zero attached hydrogens (tertiary/aromatic N) is 3. The maximum Gasteiger partial charge on any atom is 0.275 e. The number of nitrogens with two attached hydrogens (primary N) is 1. The second-order valence-corrected chi connectivity index (χ2v) is 4.06. The topological polar surface area (TPSA) is 101 Å². The third-order valence-electron chi connectivity index (χ3n) is 2.88. The van der Waals surface area contributed by atoms with E-state index in [0.717, 1.165) is 0 Å². The lowest BCUT2D eigenvalue weighted by molar-refractivity contribution is -0.127. The summed E-state index contributed by atoms with van der Waals surface area (Å²) in [4.78, 5) is 25.4. The zero-order chi connectivity index (χ0) is 13.1. The number of nitrogens with one attached hydrogen (secondary N) is 1. The molecule has 0 aromatic carbocycles. The highest BCUT2D eigenvalue weighted by atomic mass is 16.2. The Hall–Kier alpha value is -2.18. The summed E-state index contributed by atoms with van der Waals surface area (Å²) in [6, 6.07) is 2.60. The van der Waals surface area contributed by atoms with Gasteiger partial charge >= 0.3 is 0 Å². The van der Waals surface area contributed by atoms with Gasteiger partial charge in [0.2, 0.25) is 5.91 Å². The highest BCUT2D eigenvalue weighted by Gasteiger charge is 2.32. The first-order chi connectivity index (χ1) is 8.63. The number of anilines is 1. The standard InChI is InChI=1S/C11H15N5O2/c1-2-8-10(17)13-5-6-16(8)11(18)7-3-4-9(12)15-14-7/h3-4,8H,2,5-6H2,1H3,(H2,12,15)(H,13,17). The summed E-state index contributed by atoms with van der Waals surface area (Å²) in [6.45, 7) is 2.81. The molecule has 1 unspecified atom stereocenters. The molecule has 1 aromatic rings. The van der Waals surface area contributed by atoms with Crippen molar-refractivity contribution in [1.29, 1.82) is 0 Å². The Morgan fingerprint density at radius 3 is 2.94 bits per heavy atom. The fourth-order valence-electron chi connectivity index (χ4n) is 1.97. The van der Waals surface area contributed by atoms with Crippen molar-refractivity contribution in [3.63, 3.8) is 0 Å². The SMILES string of the molecule is CCC1C(=O)NCCN1C(=O)c1ccc(N)nn1. The molecule has 3 N–H and O–H groups in total. The maximum atomic E-state index is 12.2. The Morgan fingerprint density at radius 2 is 2.33 bits per heavy atom. The van der Waals surface area contributed by atoms with Gasteiger partial charge in [-0.1, -0.05) is 6.92 Å². The van der Waals surface area contributed by atoms with Crippen LogP contribution in [0.2, 0.25) is 0 Å². The van der Waals surface area contributed by atoms with Crippen LogP contribution in [0.15, 0.2) is 12.1 Å². The van der Waals surface area contributed by atoms with Gasteiger partial charge in [0.15, 0.2) is 5.69 Å².